The zero-order valence-electron chi connectivity index (χ0n) is 12.0. The molecule has 1 aromatic rings. The molecule has 1 aliphatic heterocycles. The first-order valence-corrected chi connectivity index (χ1v) is 7.23. The van der Waals surface area contributed by atoms with Crippen molar-refractivity contribution in [3.8, 4) is 12.3 Å². The number of carbonyl (C=O) groups is 2. The van der Waals surface area contributed by atoms with Crippen LogP contribution in [0.2, 0.25) is 0 Å². The summed E-state index contributed by atoms with van der Waals surface area (Å²) in [6.45, 7) is 0.702. The van der Waals surface area contributed by atoms with Gasteiger partial charge >= 0.3 is 5.97 Å². The first-order chi connectivity index (χ1) is 10.1. The Kier molecular flexibility index (Phi) is 4.99. The van der Waals surface area contributed by atoms with Gasteiger partial charge in [-0.05, 0) is 49.4 Å². The standard InChI is InChI=1S/C17H19NO3/c1-2-3-4-5-8-16(19)18-11-6-7-13-12-14(17(20)21)9-10-15(13)18/h1,9-10,12H,3-8,11H2,(H,20,21). The molecule has 0 radical (unpaired) electrons. The molecule has 2 rings (SSSR count). The summed E-state index contributed by atoms with van der Waals surface area (Å²) in [5.74, 6) is 1.73. The maximum atomic E-state index is 12.3. The minimum atomic E-state index is -0.935. The van der Waals surface area contributed by atoms with Gasteiger partial charge in [0.05, 0.1) is 5.56 Å². The molecule has 1 N–H and O–H groups in total. The SMILES string of the molecule is C#CCCCCC(=O)N1CCCc2cc(C(=O)O)ccc21. The molecule has 1 aromatic carbocycles. The van der Waals surface area contributed by atoms with Crippen LogP contribution >= 0.6 is 0 Å². The number of carboxylic acid groups (broad SMARTS) is 1. The van der Waals surface area contributed by atoms with Crippen LogP contribution in [0.4, 0.5) is 5.69 Å². The highest BCUT2D eigenvalue weighted by molar-refractivity contribution is 5.96. The van der Waals surface area contributed by atoms with E-state index < -0.39 is 5.97 Å². The summed E-state index contributed by atoms with van der Waals surface area (Å²) in [7, 11) is 0. The van der Waals surface area contributed by atoms with Gasteiger partial charge in [0.25, 0.3) is 0 Å². The second kappa shape index (κ2) is 6.94. The molecule has 4 heteroatoms. The van der Waals surface area contributed by atoms with Crippen molar-refractivity contribution in [1.29, 1.82) is 0 Å². The van der Waals surface area contributed by atoms with Crippen LogP contribution in [0, 0.1) is 12.3 Å². The maximum Gasteiger partial charge on any atom is 0.335 e. The summed E-state index contributed by atoms with van der Waals surface area (Å²) >= 11 is 0. The molecular weight excluding hydrogens is 266 g/mol. The third-order valence-electron chi connectivity index (χ3n) is 3.71. The third kappa shape index (κ3) is 3.63. The van der Waals surface area contributed by atoms with E-state index in [0.29, 0.717) is 19.4 Å². The summed E-state index contributed by atoms with van der Waals surface area (Å²) in [6, 6.07) is 4.98. The molecule has 0 aliphatic carbocycles. The average molecular weight is 285 g/mol. The minimum Gasteiger partial charge on any atom is -0.478 e. The Morgan fingerprint density at radius 2 is 2.14 bits per heavy atom. The van der Waals surface area contributed by atoms with Gasteiger partial charge in [-0.1, -0.05) is 0 Å². The van der Waals surface area contributed by atoms with E-state index in [1.807, 2.05) is 0 Å². The van der Waals surface area contributed by atoms with Crippen LogP contribution in [-0.4, -0.2) is 23.5 Å². The fraction of sp³-hybridized carbons (Fsp3) is 0.412. The predicted octanol–water partition coefficient (Wildman–Crippen LogP) is 2.86. The molecule has 0 aromatic heterocycles. The largest absolute Gasteiger partial charge is 0.478 e. The molecule has 0 bridgehead atoms. The number of terminal acetylenes is 1. The van der Waals surface area contributed by atoms with Gasteiger partial charge in [-0.15, -0.1) is 12.3 Å². The van der Waals surface area contributed by atoms with Gasteiger partial charge in [-0.25, -0.2) is 4.79 Å². The van der Waals surface area contributed by atoms with Crippen LogP contribution < -0.4 is 4.90 Å². The van der Waals surface area contributed by atoms with E-state index in [2.05, 4.69) is 5.92 Å². The fourth-order valence-corrected chi connectivity index (χ4v) is 2.63. The van der Waals surface area contributed by atoms with Crippen molar-refractivity contribution in [2.45, 2.75) is 38.5 Å². The van der Waals surface area contributed by atoms with Gasteiger partial charge in [0, 0.05) is 25.1 Å². The van der Waals surface area contributed by atoms with E-state index in [1.165, 1.54) is 0 Å². The Hall–Kier alpha value is -2.28. The number of amides is 1. The highest BCUT2D eigenvalue weighted by atomic mass is 16.4. The van der Waals surface area contributed by atoms with E-state index >= 15 is 0 Å². The molecule has 0 fully saturated rings. The van der Waals surface area contributed by atoms with Crippen LogP contribution in [0.5, 0.6) is 0 Å². The number of benzene rings is 1. The van der Waals surface area contributed by atoms with Crippen molar-refractivity contribution >= 4 is 17.6 Å². The lowest BCUT2D eigenvalue weighted by molar-refractivity contribution is -0.118. The van der Waals surface area contributed by atoms with E-state index in [1.54, 1.807) is 23.1 Å². The summed E-state index contributed by atoms with van der Waals surface area (Å²) in [6.07, 6.45) is 9.72. The van der Waals surface area contributed by atoms with E-state index in [-0.39, 0.29) is 11.5 Å². The van der Waals surface area contributed by atoms with Crippen molar-refractivity contribution in [2.24, 2.45) is 0 Å². The number of aryl methyl sites for hydroxylation is 1. The summed E-state index contributed by atoms with van der Waals surface area (Å²) < 4.78 is 0. The van der Waals surface area contributed by atoms with E-state index in [0.717, 1.165) is 36.9 Å². The van der Waals surface area contributed by atoms with Gasteiger partial charge in [-0.2, -0.15) is 0 Å². The normalized spacial score (nSPS) is 13.4. The average Bonchev–Trinajstić information content (AvgIpc) is 2.50. The van der Waals surface area contributed by atoms with Crippen LogP contribution in [-0.2, 0) is 11.2 Å². The van der Waals surface area contributed by atoms with Crippen LogP contribution in [0.1, 0.15) is 48.0 Å². The van der Waals surface area contributed by atoms with E-state index in [4.69, 9.17) is 11.5 Å². The molecule has 1 aliphatic rings. The Morgan fingerprint density at radius 1 is 1.33 bits per heavy atom. The number of rotatable bonds is 5. The number of aromatic carboxylic acids is 1. The van der Waals surface area contributed by atoms with Gasteiger partial charge in [0.1, 0.15) is 0 Å². The lowest BCUT2D eigenvalue weighted by Gasteiger charge is -2.29. The predicted molar refractivity (Wildman–Crippen MR) is 81.4 cm³/mol. The highest BCUT2D eigenvalue weighted by Crippen LogP contribution is 2.29. The van der Waals surface area contributed by atoms with Crippen molar-refractivity contribution in [3.63, 3.8) is 0 Å². The number of anilines is 1. The Labute approximate surface area is 124 Å². The number of carbonyl (C=O) groups excluding carboxylic acids is 1. The number of unbranched alkanes of at least 4 members (excludes halogenated alkanes) is 2. The number of carboxylic acids is 1. The smallest absolute Gasteiger partial charge is 0.335 e. The first kappa shape index (κ1) is 15.1. The molecule has 4 nitrogen and oxygen atoms in total. The van der Waals surface area contributed by atoms with Crippen LogP contribution in [0.3, 0.4) is 0 Å². The van der Waals surface area contributed by atoms with Crippen molar-refractivity contribution in [2.75, 3.05) is 11.4 Å². The summed E-state index contributed by atoms with van der Waals surface area (Å²) in [5.41, 5.74) is 2.07. The second-order valence-corrected chi connectivity index (χ2v) is 5.21. The van der Waals surface area contributed by atoms with Gasteiger partial charge < -0.3 is 10.0 Å². The molecule has 0 saturated heterocycles. The number of fused-ring (bicyclic) bond motifs is 1. The number of hydrogen-bond acceptors (Lipinski definition) is 2. The molecule has 110 valence electrons. The Morgan fingerprint density at radius 3 is 2.86 bits per heavy atom. The molecule has 0 saturated carbocycles. The zero-order chi connectivity index (χ0) is 15.2. The topological polar surface area (TPSA) is 57.6 Å². The lowest BCUT2D eigenvalue weighted by Crippen LogP contribution is -2.35. The molecule has 0 unspecified atom stereocenters. The molecular formula is C17H19NO3. The third-order valence-corrected chi connectivity index (χ3v) is 3.71. The summed E-state index contributed by atoms with van der Waals surface area (Å²) in [5, 5.41) is 9.03. The van der Waals surface area contributed by atoms with Crippen molar-refractivity contribution in [1.82, 2.24) is 0 Å². The monoisotopic (exact) mass is 285 g/mol. The number of nitrogens with zero attached hydrogens (tertiary/aromatic N) is 1. The Bertz CT molecular complexity index is 586. The Balaban J connectivity index is 2.09. The molecule has 0 spiro atoms. The minimum absolute atomic E-state index is 0.0936. The van der Waals surface area contributed by atoms with Crippen molar-refractivity contribution < 1.29 is 14.7 Å². The van der Waals surface area contributed by atoms with Gasteiger partial charge in [-0.3, -0.25) is 4.79 Å². The molecule has 21 heavy (non-hydrogen) atoms. The summed E-state index contributed by atoms with van der Waals surface area (Å²) in [4.78, 5) is 25.1. The maximum absolute atomic E-state index is 12.3. The molecule has 1 heterocycles. The van der Waals surface area contributed by atoms with Crippen molar-refractivity contribution in [3.05, 3.63) is 29.3 Å². The van der Waals surface area contributed by atoms with Crippen LogP contribution in [0.25, 0.3) is 0 Å². The van der Waals surface area contributed by atoms with Gasteiger partial charge in [0.15, 0.2) is 0 Å². The van der Waals surface area contributed by atoms with Gasteiger partial charge in [0.2, 0.25) is 5.91 Å². The first-order valence-electron chi connectivity index (χ1n) is 7.23. The molecule has 0 atom stereocenters. The highest BCUT2D eigenvalue weighted by Gasteiger charge is 2.22. The fourth-order valence-electron chi connectivity index (χ4n) is 2.63. The quantitative estimate of drug-likeness (QED) is 0.668. The lowest BCUT2D eigenvalue weighted by atomic mass is 9.98. The molecule has 1 amide bonds. The van der Waals surface area contributed by atoms with E-state index in [9.17, 15) is 9.59 Å². The second-order valence-electron chi connectivity index (χ2n) is 5.21. The zero-order valence-corrected chi connectivity index (χ0v) is 12.0. The number of hydrogen-bond donors (Lipinski definition) is 1. The van der Waals surface area contributed by atoms with Crippen LogP contribution in [0.15, 0.2) is 18.2 Å².